The van der Waals surface area contributed by atoms with Crippen LogP contribution in [0.2, 0.25) is 0 Å². The second kappa shape index (κ2) is 13.5. The zero-order valence-electron chi connectivity index (χ0n) is 18.9. The van der Waals surface area contributed by atoms with Gasteiger partial charge in [0.2, 0.25) is 0 Å². The molecule has 0 radical (unpaired) electrons. The van der Waals surface area contributed by atoms with E-state index in [4.69, 9.17) is 30.1 Å². The van der Waals surface area contributed by atoms with Crippen LogP contribution in [0.25, 0.3) is 10.6 Å². The van der Waals surface area contributed by atoms with Gasteiger partial charge in [0.05, 0.1) is 25.6 Å². The molecule has 4 N–H and O–H groups in total. The number of likely N-dealkylation sites (N-methyl/N-ethyl adjacent to an activating group) is 1. The van der Waals surface area contributed by atoms with Crippen molar-refractivity contribution in [2.45, 2.75) is 38.7 Å². The first-order valence-electron chi connectivity index (χ1n) is 10.2. The van der Waals surface area contributed by atoms with Crippen molar-refractivity contribution in [3.05, 3.63) is 35.3 Å². The molecule has 1 aromatic carbocycles. The standard InChI is InChI=1S/C16H22N2OS.C6H8O7/c1-4-18(5-2)11-10-14-12-20-16(17-14)13-6-8-15(19-3)9-7-13;7-3(8)1-6(13,5(11)12)2-4(9)10/h6-9,12H,4-5,10-11H2,1-3H3;13H,1-2H2,(H,7,8)(H,9,10)(H,11,12). The number of hydrogen-bond donors (Lipinski definition) is 4. The first-order chi connectivity index (χ1) is 15.5. The number of rotatable bonds is 12. The number of carboxylic acid groups (broad SMARTS) is 3. The fourth-order valence-electron chi connectivity index (χ4n) is 2.81. The van der Waals surface area contributed by atoms with Gasteiger partial charge in [-0.3, -0.25) is 9.59 Å². The van der Waals surface area contributed by atoms with Crippen LogP contribution in [0.1, 0.15) is 32.4 Å². The van der Waals surface area contributed by atoms with Gasteiger partial charge in [0.1, 0.15) is 10.8 Å². The van der Waals surface area contributed by atoms with E-state index in [-0.39, 0.29) is 0 Å². The molecule has 0 aliphatic carbocycles. The molecule has 10 nitrogen and oxygen atoms in total. The Bertz CT molecular complexity index is 893. The molecule has 33 heavy (non-hydrogen) atoms. The number of carboxylic acids is 3. The first kappa shape index (κ1) is 28.0. The summed E-state index contributed by atoms with van der Waals surface area (Å²) in [5.41, 5.74) is -0.393. The maximum absolute atomic E-state index is 10.3. The molecule has 1 aromatic heterocycles. The summed E-state index contributed by atoms with van der Waals surface area (Å²) in [6.45, 7) is 7.69. The molecule has 0 spiro atoms. The summed E-state index contributed by atoms with van der Waals surface area (Å²) in [6.07, 6.45) is -1.27. The molecular formula is C22H30N2O8S. The van der Waals surface area contributed by atoms with E-state index in [1.54, 1.807) is 18.4 Å². The molecule has 1 heterocycles. The van der Waals surface area contributed by atoms with Gasteiger partial charge in [0.15, 0.2) is 5.60 Å². The van der Waals surface area contributed by atoms with Crippen LogP contribution in [0.3, 0.4) is 0 Å². The zero-order valence-corrected chi connectivity index (χ0v) is 19.7. The highest BCUT2D eigenvalue weighted by Gasteiger charge is 2.40. The van der Waals surface area contributed by atoms with Crippen LogP contribution >= 0.6 is 11.3 Å². The molecule has 11 heteroatoms. The molecule has 0 saturated heterocycles. The van der Waals surface area contributed by atoms with Gasteiger partial charge < -0.3 is 30.1 Å². The van der Waals surface area contributed by atoms with Crippen molar-refractivity contribution in [1.29, 1.82) is 0 Å². The third-order valence-electron chi connectivity index (χ3n) is 4.75. The number of aromatic nitrogens is 1. The molecule has 0 aliphatic rings. The Morgan fingerprint density at radius 1 is 1.03 bits per heavy atom. The lowest BCUT2D eigenvalue weighted by Crippen LogP contribution is -2.42. The fraction of sp³-hybridized carbons (Fsp3) is 0.455. The van der Waals surface area contributed by atoms with Crippen molar-refractivity contribution >= 4 is 29.2 Å². The van der Waals surface area contributed by atoms with Crippen LogP contribution in [0, 0.1) is 0 Å². The molecule has 0 aliphatic heterocycles. The van der Waals surface area contributed by atoms with Gasteiger partial charge in [0, 0.05) is 23.9 Å². The monoisotopic (exact) mass is 482 g/mol. The second-order valence-corrected chi connectivity index (χ2v) is 7.99. The number of methoxy groups -OCH3 is 1. The number of carbonyl (C=O) groups is 3. The normalized spacial score (nSPS) is 10.9. The first-order valence-corrected chi connectivity index (χ1v) is 11.1. The molecule has 0 saturated carbocycles. The predicted molar refractivity (Wildman–Crippen MR) is 123 cm³/mol. The smallest absolute Gasteiger partial charge is 0.336 e. The lowest BCUT2D eigenvalue weighted by Gasteiger charge is -2.18. The number of aliphatic carboxylic acids is 3. The highest BCUT2D eigenvalue weighted by Crippen LogP contribution is 2.25. The van der Waals surface area contributed by atoms with Crippen LogP contribution in [-0.4, -0.2) is 80.6 Å². The number of aliphatic hydroxyl groups is 1. The minimum atomic E-state index is -2.74. The van der Waals surface area contributed by atoms with Crippen molar-refractivity contribution < 1.29 is 39.5 Å². The molecule has 2 rings (SSSR count). The topological polar surface area (TPSA) is 157 Å². The molecular weight excluding hydrogens is 452 g/mol. The lowest BCUT2D eigenvalue weighted by atomic mass is 9.96. The Hall–Kier alpha value is -3.02. The highest BCUT2D eigenvalue weighted by atomic mass is 32.1. The number of nitrogens with zero attached hydrogens (tertiary/aromatic N) is 2. The van der Waals surface area contributed by atoms with Crippen LogP contribution in [0.4, 0.5) is 0 Å². The van der Waals surface area contributed by atoms with Crippen LogP contribution in [0.15, 0.2) is 29.6 Å². The van der Waals surface area contributed by atoms with Gasteiger partial charge in [-0.05, 0) is 37.4 Å². The summed E-state index contributed by atoms with van der Waals surface area (Å²) in [4.78, 5) is 37.6. The molecule has 0 amide bonds. The Kier molecular flexibility index (Phi) is 11.5. The Morgan fingerprint density at radius 3 is 2.00 bits per heavy atom. The number of hydrogen-bond acceptors (Lipinski definition) is 8. The van der Waals surface area contributed by atoms with E-state index in [1.807, 2.05) is 12.1 Å². The summed E-state index contributed by atoms with van der Waals surface area (Å²) >= 11 is 1.71. The quantitative estimate of drug-likeness (QED) is 0.354. The van der Waals surface area contributed by atoms with E-state index in [1.165, 1.54) is 5.69 Å². The van der Waals surface area contributed by atoms with Gasteiger partial charge in [-0.2, -0.15) is 0 Å². The third-order valence-corrected chi connectivity index (χ3v) is 5.69. The summed E-state index contributed by atoms with van der Waals surface area (Å²) in [6, 6.07) is 8.08. The Labute approximate surface area is 196 Å². The number of ether oxygens (including phenoxy) is 1. The Morgan fingerprint density at radius 2 is 1.58 bits per heavy atom. The molecule has 0 bridgehead atoms. The predicted octanol–water partition coefficient (Wildman–Crippen LogP) is 2.45. The van der Waals surface area contributed by atoms with Crippen molar-refractivity contribution in [3.8, 4) is 16.3 Å². The largest absolute Gasteiger partial charge is 0.497 e. The average molecular weight is 483 g/mol. The van der Waals surface area contributed by atoms with Crippen molar-refractivity contribution in [1.82, 2.24) is 9.88 Å². The summed E-state index contributed by atoms with van der Waals surface area (Å²) in [7, 11) is 1.68. The molecule has 182 valence electrons. The van der Waals surface area contributed by atoms with Crippen LogP contribution in [0.5, 0.6) is 5.75 Å². The molecule has 0 atom stereocenters. The SMILES string of the molecule is CCN(CC)CCc1csc(-c2ccc(OC)cc2)n1.O=C(O)CC(O)(CC(=O)O)C(=O)O. The molecule has 0 unspecified atom stereocenters. The van der Waals surface area contributed by atoms with Crippen molar-refractivity contribution in [2.24, 2.45) is 0 Å². The summed E-state index contributed by atoms with van der Waals surface area (Å²) in [5.74, 6) is -4.14. The van der Waals surface area contributed by atoms with Crippen LogP contribution in [-0.2, 0) is 20.8 Å². The zero-order chi connectivity index (χ0) is 25.0. The maximum atomic E-state index is 10.3. The number of thiazole rings is 1. The van der Waals surface area contributed by atoms with E-state index in [2.05, 4.69) is 36.3 Å². The van der Waals surface area contributed by atoms with E-state index >= 15 is 0 Å². The van der Waals surface area contributed by atoms with Gasteiger partial charge in [-0.15, -0.1) is 11.3 Å². The lowest BCUT2D eigenvalue weighted by molar-refractivity contribution is -0.170. The second-order valence-electron chi connectivity index (χ2n) is 7.13. The molecule has 0 fully saturated rings. The van der Waals surface area contributed by atoms with E-state index < -0.39 is 36.4 Å². The van der Waals surface area contributed by atoms with Crippen molar-refractivity contribution in [2.75, 3.05) is 26.7 Å². The highest BCUT2D eigenvalue weighted by molar-refractivity contribution is 7.13. The number of benzene rings is 1. The Balaban J connectivity index is 0.000000366. The fourth-order valence-corrected chi connectivity index (χ4v) is 3.67. The molecule has 2 aromatic rings. The van der Waals surface area contributed by atoms with Crippen LogP contribution < -0.4 is 4.74 Å². The van der Waals surface area contributed by atoms with Gasteiger partial charge in [0.25, 0.3) is 0 Å². The van der Waals surface area contributed by atoms with Crippen molar-refractivity contribution in [3.63, 3.8) is 0 Å². The third kappa shape index (κ3) is 9.56. The van der Waals surface area contributed by atoms with Gasteiger partial charge >= 0.3 is 17.9 Å². The average Bonchev–Trinajstić information content (AvgIpc) is 3.23. The van der Waals surface area contributed by atoms with Gasteiger partial charge in [-0.25, -0.2) is 9.78 Å². The maximum Gasteiger partial charge on any atom is 0.336 e. The summed E-state index contributed by atoms with van der Waals surface area (Å²) < 4.78 is 5.18. The summed E-state index contributed by atoms with van der Waals surface area (Å²) in [5, 5.41) is 37.1. The van der Waals surface area contributed by atoms with Gasteiger partial charge in [-0.1, -0.05) is 13.8 Å². The van der Waals surface area contributed by atoms with E-state index in [9.17, 15) is 14.4 Å². The minimum Gasteiger partial charge on any atom is -0.497 e. The minimum absolute atomic E-state index is 0.882. The van der Waals surface area contributed by atoms with E-state index in [0.29, 0.717) is 0 Å². The van der Waals surface area contributed by atoms with E-state index in [0.717, 1.165) is 42.4 Å².